The fraction of sp³-hybridized carbons (Fsp3) is 0.318. The van der Waals surface area contributed by atoms with Crippen LogP contribution in [0.25, 0.3) is 11.8 Å². The quantitative estimate of drug-likeness (QED) is 0.256. The minimum Gasteiger partial charge on any atom is -0.494 e. The SMILES string of the molecule is COc1cc([N+](=O)[O-])ccc1-n1c(C)cc(/C=C2/SC(=O)N(CC(=O)OC(C)C)C2=O)c1C. The van der Waals surface area contributed by atoms with Crippen LogP contribution in [0.4, 0.5) is 10.5 Å². The van der Waals surface area contributed by atoms with E-state index < -0.39 is 28.6 Å². The number of rotatable bonds is 7. The number of nitro benzene ring substituents is 1. The highest BCUT2D eigenvalue weighted by atomic mass is 32.2. The van der Waals surface area contributed by atoms with Gasteiger partial charge in [-0.25, -0.2) is 0 Å². The zero-order chi connectivity index (χ0) is 24.4. The van der Waals surface area contributed by atoms with E-state index in [-0.39, 0.29) is 16.7 Å². The van der Waals surface area contributed by atoms with Crippen molar-refractivity contribution in [2.24, 2.45) is 0 Å². The third-order valence-corrected chi connectivity index (χ3v) is 5.81. The summed E-state index contributed by atoms with van der Waals surface area (Å²) in [6.07, 6.45) is 1.24. The Bertz CT molecular complexity index is 1180. The van der Waals surface area contributed by atoms with E-state index in [1.54, 1.807) is 26.0 Å². The second-order valence-electron chi connectivity index (χ2n) is 7.58. The summed E-state index contributed by atoms with van der Waals surface area (Å²) in [6.45, 7) is 6.59. The third kappa shape index (κ3) is 4.92. The Morgan fingerprint density at radius 2 is 1.94 bits per heavy atom. The molecule has 0 spiro atoms. The van der Waals surface area contributed by atoms with Crippen molar-refractivity contribution in [3.8, 4) is 11.4 Å². The number of nitro groups is 1. The van der Waals surface area contributed by atoms with E-state index in [1.165, 1.54) is 19.2 Å². The number of methoxy groups -OCH3 is 1. The standard InChI is InChI=1S/C22H23N3O7S/c1-12(2)32-20(26)11-23-21(27)19(33-22(23)28)9-15-8-13(3)24(14(15)4)17-7-6-16(25(29)30)10-18(17)31-5/h6-10,12H,11H2,1-5H3/b19-9+. The first-order valence-corrected chi connectivity index (χ1v) is 10.8. The van der Waals surface area contributed by atoms with Gasteiger partial charge in [-0.3, -0.25) is 29.4 Å². The van der Waals surface area contributed by atoms with Crippen molar-refractivity contribution in [1.82, 2.24) is 9.47 Å². The normalized spacial score (nSPS) is 15.0. The van der Waals surface area contributed by atoms with E-state index in [0.29, 0.717) is 17.0 Å². The van der Waals surface area contributed by atoms with E-state index in [4.69, 9.17) is 9.47 Å². The number of thioether (sulfide) groups is 1. The van der Waals surface area contributed by atoms with Crippen LogP contribution in [0.5, 0.6) is 5.75 Å². The van der Waals surface area contributed by atoms with Gasteiger partial charge in [-0.05, 0) is 63.2 Å². The molecule has 1 aliphatic heterocycles. The number of hydrogen-bond donors (Lipinski definition) is 0. The lowest BCUT2D eigenvalue weighted by atomic mass is 10.2. The minimum absolute atomic E-state index is 0.0945. The first-order chi connectivity index (χ1) is 15.5. The minimum atomic E-state index is -0.656. The summed E-state index contributed by atoms with van der Waals surface area (Å²) in [7, 11) is 1.43. The number of aryl methyl sites for hydroxylation is 1. The van der Waals surface area contributed by atoms with Crippen molar-refractivity contribution in [3.63, 3.8) is 0 Å². The molecule has 11 heteroatoms. The summed E-state index contributed by atoms with van der Waals surface area (Å²) in [5, 5.41) is 10.5. The summed E-state index contributed by atoms with van der Waals surface area (Å²) >= 11 is 0.752. The molecule has 1 aromatic carbocycles. The summed E-state index contributed by atoms with van der Waals surface area (Å²) < 4.78 is 12.2. The first-order valence-electron chi connectivity index (χ1n) is 10.00. The molecular formula is C22H23N3O7S. The molecule has 2 heterocycles. The van der Waals surface area contributed by atoms with Crippen LogP contribution in [0, 0.1) is 24.0 Å². The molecular weight excluding hydrogens is 450 g/mol. The Morgan fingerprint density at radius 3 is 2.55 bits per heavy atom. The van der Waals surface area contributed by atoms with Crippen LogP contribution < -0.4 is 4.74 Å². The molecule has 0 N–H and O–H groups in total. The molecule has 1 saturated heterocycles. The smallest absolute Gasteiger partial charge is 0.326 e. The van der Waals surface area contributed by atoms with Crippen LogP contribution >= 0.6 is 11.8 Å². The van der Waals surface area contributed by atoms with Crippen molar-refractivity contribution in [3.05, 3.63) is 56.2 Å². The van der Waals surface area contributed by atoms with Gasteiger partial charge in [0.1, 0.15) is 12.3 Å². The monoisotopic (exact) mass is 473 g/mol. The maximum Gasteiger partial charge on any atom is 0.326 e. The molecule has 33 heavy (non-hydrogen) atoms. The maximum atomic E-state index is 12.7. The van der Waals surface area contributed by atoms with E-state index in [1.807, 2.05) is 24.5 Å². The molecule has 0 unspecified atom stereocenters. The van der Waals surface area contributed by atoms with E-state index in [9.17, 15) is 24.5 Å². The van der Waals surface area contributed by atoms with Crippen LogP contribution in [-0.2, 0) is 14.3 Å². The number of non-ortho nitro benzene ring substituents is 1. The van der Waals surface area contributed by atoms with Crippen LogP contribution in [-0.4, -0.2) is 51.3 Å². The summed E-state index contributed by atoms with van der Waals surface area (Å²) in [4.78, 5) is 48.6. The lowest BCUT2D eigenvalue weighted by Crippen LogP contribution is -2.35. The zero-order valence-corrected chi connectivity index (χ0v) is 19.6. The number of hydrogen-bond acceptors (Lipinski definition) is 8. The molecule has 1 aromatic heterocycles. The van der Waals surface area contributed by atoms with E-state index in [0.717, 1.165) is 28.0 Å². The molecule has 0 radical (unpaired) electrons. The molecule has 1 fully saturated rings. The molecule has 2 amide bonds. The number of ether oxygens (including phenoxy) is 2. The van der Waals surface area contributed by atoms with Crippen molar-refractivity contribution >= 4 is 40.6 Å². The summed E-state index contributed by atoms with van der Waals surface area (Å²) in [6, 6.07) is 6.15. The lowest BCUT2D eigenvalue weighted by Gasteiger charge is -2.14. The van der Waals surface area contributed by atoms with E-state index >= 15 is 0 Å². The fourth-order valence-corrected chi connectivity index (χ4v) is 4.31. The van der Waals surface area contributed by atoms with Crippen LogP contribution in [0.15, 0.2) is 29.2 Å². The van der Waals surface area contributed by atoms with Gasteiger partial charge >= 0.3 is 5.97 Å². The number of esters is 1. The zero-order valence-electron chi connectivity index (χ0n) is 18.8. The number of carbonyl (C=O) groups excluding carboxylic acids is 3. The first kappa shape index (κ1) is 24.1. The van der Waals surface area contributed by atoms with Crippen molar-refractivity contribution in [2.45, 2.75) is 33.8 Å². The Morgan fingerprint density at radius 1 is 1.24 bits per heavy atom. The second kappa shape index (κ2) is 9.49. The fourth-order valence-electron chi connectivity index (χ4n) is 3.48. The Kier molecular flexibility index (Phi) is 6.92. The topological polar surface area (TPSA) is 121 Å². The van der Waals surface area contributed by atoms with Gasteiger partial charge in [0.2, 0.25) is 0 Å². The molecule has 10 nitrogen and oxygen atoms in total. The number of nitrogens with zero attached hydrogens (tertiary/aromatic N) is 3. The average Bonchev–Trinajstić information content (AvgIpc) is 3.16. The van der Waals surface area contributed by atoms with Gasteiger partial charge < -0.3 is 14.0 Å². The van der Waals surface area contributed by atoms with Gasteiger partial charge in [-0.15, -0.1) is 0 Å². The summed E-state index contributed by atoms with van der Waals surface area (Å²) in [5.41, 5.74) is 2.73. The molecule has 3 rings (SSSR count). The Labute approximate surface area is 194 Å². The van der Waals surface area contributed by atoms with Gasteiger partial charge in [-0.1, -0.05) is 0 Å². The van der Waals surface area contributed by atoms with Crippen LogP contribution in [0.3, 0.4) is 0 Å². The molecule has 0 atom stereocenters. The van der Waals surface area contributed by atoms with Crippen molar-refractivity contribution < 1.29 is 28.8 Å². The molecule has 0 aliphatic carbocycles. The predicted molar refractivity (Wildman–Crippen MR) is 122 cm³/mol. The Hall–Kier alpha value is -3.60. The number of imide groups is 1. The van der Waals surface area contributed by atoms with Gasteiger partial charge in [0.15, 0.2) is 0 Å². The van der Waals surface area contributed by atoms with Gasteiger partial charge in [0.05, 0.1) is 34.8 Å². The largest absolute Gasteiger partial charge is 0.494 e. The number of amides is 2. The van der Waals surface area contributed by atoms with Crippen LogP contribution in [0.2, 0.25) is 0 Å². The average molecular weight is 474 g/mol. The number of benzene rings is 1. The van der Waals surface area contributed by atoms with Crippen LogP contribution in [0.1, 0.15) is 30.8 Å². The third-order valence-electron chi connectivity index (χ3n) is 4.90. The van der Waals surface area contributed by atoms with Crippen molar-refractivity contribution in [1.29, 1.82) is 0 Å². The van der Waals surface area contributed by atoms with Gasteiger partial charge in [0, 0.05) is 17.5 Å². The second-order valence-corrected chi connectivity index (χ2v) is 8.57. The maximum absolute atomic E-state index is 12.7. The Balaban J connectivity index is 1.94. The molecule has 2 aromatic rings. The highest BCUT2D eigenvalue weighted by Gasteiger charge is 2.37. The number of aromatic nitrogens is 1. The lowest BCUT2D eigenvalue weighted by molar-refractivity contribution is -0.384. The molecule has 174 valence electrons. The number of carbonyl (C=O) groups is 3. The highest BCUT2D eigenvalue weighted by Crippen LogP contribution is 2.35. The molecule has 1 aliphatic rings. The van der Waals surface area contributed by atoms with E-state index in [2.05, 4.69) is 0 Å². The predicted octanol–water partition coefficient (Wildman–Crippen LogP) is 4.00. The van der Waals surface area contributed by atoms with Crippen molar-refractivity contribution in [2.75, 3.05) is 13.7 Å². The highest BCUT2D eigenvalue weighted by molar-refractivity contribution is 8.18. The molecule has 0 saturated carbocycles. The van der Waals surface area contributed by atoms with Gasteiger partial charge in [0.25, 0.3) is 16.8 Å². The summed E-state index contributed by atoms with van der Waals surface area (Å²) in [5.74, 6) is -0.901. The molecule has 0 bridgehead atoms. The van der Waals surface area contributed by atoms with Gasteiger partial charge in [-0.2, -0.15) is 0 Å².